The summed E-state index contributed by atoms with van der Waals surface area (Å²) in [7, 11) is 0. The summed E-state index contributed by atoms with van der Waals surface area (Å²) in [4.78, 5) is 7.65. The molecule has 2 aliphatic heterocycles. The lowest BCUT2D eigenvalue weighted by Gasteiger charge is -2.43. The second-order valence-electron chi connectivity index (χ2n) is 8.30. The molecule has 1 unspecified atom stereocenters. The van der Waals surface area contributed by atoms with Gasteiger partial charge >= 0.3 is 0 Å². The van der Waals surface area contributed by atoms with Crippen molar-refractivity contribution >= 4 is 5.96 Å². The Morgan fingerprint density at radius 3 is 2.62 bits per heavy atom. The van der Waals surface area contributed by atoms with Crippen LogP contribution < -0.4 is 15.4 Å². The molecular weight excluding hydrogens is 364 g/mol. The van der Waals surface area contributed by atoms with Gasteiger partial charge in [0, 0.05) is 25.3 Å². The Hall–Kier alpha value is -1.79. The van der Waals surface area contributed by atoms with Crippen LogP contribution in [0.15, 0.2) is 29.3 Å². The fourth-order valence-corrected chi connectivity index (χ4v) is 4.27. The first-order valence-corrected chi connectivity index (χ1v) is 11.2. The highest BCUT2D eigenvalue weighted by Gasteiger charge is 2.39. The van der Waals surface area contributed by atoms with Gasteiger partial charge in [-0.05, 0) is 71.2 Å². The Balaban J connectivity index is 1.58. The van der Waals surface area contributed by atoms with Crippen LogP contribution in [0.5, 0.6) is 5.75 Å². The first-order chi connectivity index (χ1) is 14.1. The Kier molecular flexibility index (Phi) is 8.19. The van der Waals surface area contributed by atoms with Gasteiger partial charge in [0.2, 0.25) is 0 Å². The first-order valence-electron chi connectivity index (χ1n) is 11.2. The molecule has 0 bridgehead atoms. The van der Waals surface area contributed by atoms with E-state index in [4.69, 9.17) is 14.5 Å². The third kappa shape index (κ3) is 6.09. The van der Waals surface area contributed by atoms with E-state index in [1.165, 1.54) is 25.9 Å². The van der Waals surface area contributed by atoms with Gasteiger partial charge in [0.1, 0.15) is 11.9 Å². The quantitative estimate of drug-likeness (QED) is 0.517. The lowest BCUT2D eigenvalue weighted by molar-refractivity contribution is -0.0139. The molecule has 6 heteroatoms. The molecule has 2 saturated heterocycles. The molecule has 2 N–H and O–H groups in total. The Morgan fingerprint density at radius 1 is 1.21 bits per heavy atom. The molecule has 1 aromatic carbocycles. The summed E-state index contributed by atoms with van der Waals surface area (Å²) in [5.74, 6) is 1.82. The third-order valence-corrected chi connectivity index (χ3v) is 6.05. The van der Waals surface area contributed by atoms with Crippen LogP contribution >= 0.6 is 0 Å². The van der Waals surface area contributed by atoms with Crippen molar-refractivity contribution in [3.8, 4) is 5.75 Å². The lowest BCUT2D eigenvalue weighted by Crippen LogP contribution is -2.54. The molecule has 0 spiro atoms. The zero-order valence-corrected chi connectivity index (χ0v) is 18.4. The summed E-state index contributed by atoms with van der Waals surface area (Å²) < 4.78 is 11.8. The first kappa shape index (κ1) is 21.9. The average molecular weight is 403 g/mol. The topological polar surface area (TPSA) is 58.1 Å². The maximum Gasteiger partial charge on any atom is 0.191 e. The molecule has 1 atom stereocenters. The maximum atomic E-state index is 6.10. The van der Waals surface area contributed by atoms with E-state index in [1.807, 2.05) is 18.2 Å². The molecule has 0 amide bonds. The number of nitrogens with one attached hydrogen (secondary N) is 2. The fourth-order valence-electron chi connectivity index (χ4n) is 4.27. The van der Waals surface area contributed by atoms with E-state index in [9.17, 15) is 0 Å². The van der Waals surface area contributed by atoms with E-state index in [-0.39, 0.29) is 11.6 Å². The Morgan fingerprint density at radius 2 is 1.93 bits per heavy atom. The van der Waals surface area contributed by atoms with E-state index in [0.717, 1.165) is 56.4 Å². The number of nitrogens with zero attached hydrogens (tertiary/aromatic N) is 2. The molecule has 162 valence electrons. The normalized spacial score (nSPS) is 21.0. The number of benzene rings is 1. The van der Waals surface area contributed by atoms with Crippen molar-refractivity contribution in [1.82, 2.24) is 15.5 Å². The van der Waals surface area contributed by atoms with Crippen LogP contribution in [0, 0.1) is 6.92 Å². The summed E-state index contributed by atoms with van der Waals surface area (Å²) in [6.45, 7) is 12.7. The van der Waals surface area contributed by atoms with Gasteiger partial charge in [0.15, 0.2) is 5.96 Å². The van der Waals surface area contributed by atoms with Gasteiger partial charge in [-0.15, -0.1) is 0 Å². The SMILES string of the molecule is CCNC(=NCC1(N2CCCC2)CCOCC1)NCC(C)Oc1ccccc1C. The van der Waals surface area contributed by atoms with Gasteiger partial charge in [-0.1, -0.05) is 18.2 Å². The zero-order valence-electron chi connectivity index (χ0n) is 18.4. The second kappa shape index (κ2) is 10.8. The van der Waals surface area contributed by atoms with E-state index in [2.05, 4.69) is 42.4 Å². The predicted molar refractivity (Wildman–Crippen MR) is 119 cm³/mol. The summed E-state index contributed by atoms with van der Waals surface area (Å²) in [6, 6.07) is 8.15. The van der Waals surface area contributed by atoms with E-state index in [1.54, 1.807) is 0 Å². The fraction of sp³-hybridized carbons (Fsp3) is 0.696. The maximum absolute atomic E-state index is 6.10. The molecule has 0 radical (unpaired) electrons. The summed E-state index contributed by atoms with van der Waals surface area (Å²) in [5.41, 5.74) is 1.31. The predicted octanol–water partition coefficient (Wildman–Crippen LogP) is 2.96. The van der Waals surface area contributed by atoms with Crippen LogP contribution in [-0.4, -0.2) is 68.4 Å². The van der Waals surface area contributed by atoms with E-state index < -0.39 is 0 Å². The average Bonchev–Trinajstić information content (AvgIpc) is 3.28. The van der Waals surface area contributed by atoms with Crippen LogP contribution in [0.2, 0.25) is 0 Å². The summed E-state index contributed by atoms with van der Waals surface area (Å²) in [5, 5.41) is 6.87. The van der Waals surface area contributed by atoms with Crippen LogP contribution in [0.25, 0.3) is 0 Å². The number of guanidine groups is 1. The van der Waals surface area contributed by atoms with Crippen molar-refractivity contribution < 1.29 is 9.47 Å². The third-order valence-electron chi connectivity index (χ3n) is 6.05. The molecule has 1 aromatic rings. The number of hydrogen-bond acceptors (Lipinski definition) is 4. The second-order valence-corrected chi connectivity index (χ2v) is 8.30. The number of aryl methyl sites for hydroxylation is 1. The van der Waals surface area contributed by atoms with E-state index in [0.29, 0.717) is 6.54 Å². The van der Waals surface area contributed by atoms with Crippen molar-refractivity contribution in [3.05, 3.63) is 29.8 Å². The van der Waals surface area contributed by atoms with Gasteiger partial charge < -0.3 is 20.1 Å². The van der Waals surface area contributed by atoms with Crippen molar-refractivity contribution in [1.29, 1.82) is 0 Å². The standard InChI is InChI=1S/C23H38N4O2/c1-4-24-22(25-17-20(3)29-21-10-6-5-9-19(21)2)26-18-23(11-15-28-16-12-23)27-13-7-8-14-27/h5-6,9-10,20H,4,7-8,11-18H2,1-3H3,(H2,24,25,26). The molecule has 2 heterocycles. The highest BCUT2D eigenvalue weighted by molar-refractivity contribution is 5.79. The van der Waals surface area contributed by atoms with Crippen molar-refractivity contribution in [2.45, 2.75) is 58.1 Å². The molecule has 0 aliphatic carbocycles. The smallest absolute Gasteiger partial charge is 0.191 e. The molecule has 2 aliphatic rings. The Bertz CT molecular complexity index is 652. The number of rotatable bonds is 8. The number of likely N-dealkylation sites (tertiary alicyclic amines) is 1. The van der Waals surface area contributed by atoms with Gasteiger partial charge in [-0.3, -0.25) is 9.89 Å². The number of para-hydroxylation sites is 1. The molecule has 29 heavy (non-hydrogen) atoms. The largest absolute Gasteiger partial charge is 0.489 e. The van der Waals surface area contributed by atoms with Crippen LogP contribution in [0.1, 0.15) is 45.1 Å². The molecule has 0 saturated carbocycles. The Labute approximate surface area is 176 Å². The minimum atomic E-state index is 0.0515. The van der Waals surface area contributed by atoms with Crippen LogP contribution in [-0.2, 0) is 4.74 Å². The number of ether oxygens (including phenoxy) is 2. The minimum absolute atomic E-state index is 0.0515. The summed E-state index contributed by atoms with van der Waals surface area (Å²) in [6.07, 6.45) is 4.80. The van der Waals surface area contributed by atoms with Crippen molar-refractivity contribution in [2.24, 2.45) is 4.99 Å². The van der Waals surface area contributed by atoms with Gasteiger partial charge in [0.05, 0.1) is 13.1 Å². The summed E-state index contributed by atoms with van der Waals surface area (Å²) >= 11 is 0. The van der Waals surface area contributed by atoms with Crippen molar-refractivity contribution in [2.75, 3.05) is 45.9 Å². The number of aliphatic imine (C=N–C) groups is 1. The highest BCUT2D eigenvalue weighted by Crippen LogP contribution is 2.31. The van der Waals surface area contributed by atoms with E-state index >= 15 is 0 Å². The molecule has 6 nitrogen and oxygen atoms in total. The zero-order chi connectivity index (χ0) is 20.5. The van der Waals surface area contributed by atoms with Crippen LogP contribution in [0.3, 0.4) is 0 Å². The van der Waals surface area contributed by atoms with Crippen molar-refractivity contribution in [3.63, 3.8) is 0 Å². The van der Waals surface area contributed by atoms with Gasteiger partial charge in [-0.2, -0.15) is 0 Å². The minimum Gasteiger partial charge on any atom is -0.489 e. The van der Waals surface area contributed by atoms with Crippen LogP contribution in [0.4, 0.5) is 0 Å². The molecular formula is C23H38N4O2. The monoisotopic (exact) mass is 402 g/mol. The molecule has 0 aromatic heterocycles. The lowest BCUT2D eigenvalue weighted by atomic mass is 9.88. The van der Waals surface area contributed by atoms with Gasteiger partial charge in [0.25, 0.3) is 0 Å². The molecule has 3 rings (SSSR count). The molecule has 2 fully saturated rings. The van der Waals surface area contributed by atoms with Gasteiger partial charge in [-0.25, -0.2) is 0 Å². The highest BCUT2D eigenvalue weighted by atomic mass is 16.5. The number of hydrogen-bond donors (Lipinski definition) is 2.